The topological polar surface area (TPSA) is 86.9 Å². The molecule has 0 atom stereocenters. The van der Waals surface area contributed by atoms with Gasteiger partial charge in [-0.25, -0.2) is 4.99 Å². The summed E-state index contributed by atoms with van der Waals surface area (Å²) < 4.78 is 5.23. The highest BCUT2D eigenvalue weighted by Gasteiger charge is 2.46. The number of aromatic nitrogens is 2. The van der Waals surface area contributed by atoms with E-state index in [1.807, 2.05) is 19.0 Å². The lowest BCUT2D eigenvalue weighted by Crippen LogP contribution is -2.49. The van der Waals surface area contributed by atoms with Gasteiger partial charge in [-0.3, -0.25) is 10.1 Å². The molecule has 3 rings (SSSR count). The van der Waals surface area contributed by atoms with Gasteiger partial charge in [0.05, 0.1) is 0 Å². The van der Waals surface area contributed by atoms with E-state index in [0.717, 1.165) is 12.8 Å². The van der Waals surface area contributed by atoms with E-state index in [4.69, 9.17) is 4.52 Å². The number of hydrogen-bond donors (Lipinski definition) is 1. The molecular weight excluding hydrogens is 284 g/mol. The van der Waals surface area contributed by atoms with Crippen molar-refractivity contribution >= 4 is 17.8 Å². The molecule has 8 nitrogen and oxygen atoms in total. The van der Waals surface area contributed by atoms with Crippen molar-refractivity contribution in [2.45, 2.75) is 38.1 Å². The minimum Gasteiger partial charge on any atom is -0.349 e. The number of nitrogens with zero attached hydrogens (tertiary/aromatic N) is 5. The lowest BCUT2D eigenvalue weighted by Gasteiger charge is -2.34. The summed E-state index contributed by atoms with van der Waals surface area (Å²) in [6.45, 7) is 3.47. The van der Waals surface area contributed by atoms with Crippen LogP contribution in [0.25, 0.3) is 0 Å². The Morgan fingerprint density at radius 1 is 1.36 bits per heavy atom. The molecule has 0 bridgehead atoms. The van der Waals surface area contributed by atoms with E-state index >= 15 is 0 Å². The van der Waals surface area contributed by atoms with Gasteiger partial charge in [-0.2, -0.15) is 4.98 Å². The Hall–Kier alpha value is -2.12. The number of carbonyl (C=O) groups excluding carboxylic acids is 1. The van der Waals surface area contributed by atoms with E-state index in [1.165, 1.54) is 0 Å². The van der Waals surface area contributed by atoms with Crippen molar-refractivity contribution in [1.82, 2.24) is 20.4 Å². The summed E-state index contributed by atoms with van der Waals surface area (Å²) in [5, 5.41) is 6.89. The Morgan fingerprint density at radius 3 is 2.68 bits per heavy atom. The van der Waals surface area contributed by atoms with Gasteiger partial charge < -0.3 is 14.3 Å². The normalized spacial score (nSPS) is 20.2. The average molecular weight is 306 g/mol. The first-order valence-corrected chi connectivity index (χ1v) is 7.70. The maximum absolute atomic E-state index is 12.3. The summed E-state index contributed by atoms with van der Waals surface area (Å²) in [5.41, 5.74) is -0.633. The molecule has 1 amide bonds. The van der Waals surface area contributed by atoms with Gasteiger partial charge in [-0.15, -0.1) is 0 Å². The maximum Gasteiger partial charge on any atom is 0.266 e. The molecule has 0 unspecified atom stereocenters. The standard InChI is InChI=1S/C14H22N6O2/c1-4-5-10-15-13(18-22-10)20-8-6-14(7-9-20)11(21)16-12(17-14)19(2)3/h4-9H2,1-3H3,(H,16,17,21). The molecular formula is C14H22N6O2. The van der Waals surface area contributed by atoms with Crippen molar-refractivity contribution in [1.29, 1.82) is 0 Å². The number of hydrogen-bond acceptors (Lipinski definition) is 7. The predicted octanol–water partition coefficient (Wildman–Crippen LogP) is 0.409. The first-order chi connectivity index (χ1) is 10.5. The van der Waals surface area contributed by atoms with Crippen LogP contribution in [-0.4, -0.2) is 59.6 Å². The highest BCUT2D eigenvalue weighted by molar-refractivity contribution is 6.07. The molecule has 1 fully saturated rings. The first kappa shape index (κ1) is 14.8. The van der Waals surface area contributed by atoms with Crippen LogP contribution in [0.2, 0.25) is 0 Å². The second-order valence-electron chi connectivity index (χ2n) is 6.04. The molecule has 22 heavy (non-hydrogen) atoms. The lowest BCUT2D eigenvalue weighted by atomic mass is 9.88. The quantitative estimate of drug-likeness (QED) is 0.870. The van der Waals surface area contributed by atoms with Crippen LogP contribution >= 0.6 is 0 Å². The molecule has 1 N–H and O–H groups in total. The summed E-state index contributed by atoms with van der Waals surface area (Å²) in [7, 11) is 3.75. The molecule has 3 heterocycles. The second kappa shape index (κ2) is 5.58. The van der Waals surface area contributed by atoms with Gasteiger partial charge in [0.2, 0.25) is 11.9 Å². The fourth-order valence-electron chi connectivity index (χ4n) is 2.82. The largest absolute Gasteiger partial charge is 0.349 e. The maximum atomic E-state index is 12.3. The third-order valence-electron chi connectivity index (χ3n) is 4.19. The number of nitrogens with one attached hydrogen (secondary N) is 1. The first-order valence-electron chi connectivity index (χ1n) is 7.70. The van der Waals surface area contributed by atoms with E-state index in [9.17, 15) is 4.79 Å². The summed E-state index contributed by atoms with van der Waals surface area (Å²) in [6.07, 6.45) is 3.10. The molecule has 120 valence electrons. The van der Waals surface area contributed by atoms with Crippen molar-refractivity contribution < 1.29 is 9.32 Å². The zero-order chi connectivity index (χ0) is 15.7. The van der Waals surface area contributed by atoms with Gasteiger partial charge >= 0.3 is 0 Å². The third-order valence-corrected chi connectivity index (χ3v) is 4.19. The Morgan fingerprint density at radius 2 is 2.09 bits per heavy atom. The molecule has 0 saturated carbocycles. The number of amides is 1. The third kappa shape index (κ3) is 2.53. The number of rotatable bonds is 3. The molecule has 2 aliphatic rings. The number of carbonyl (C=O) groups is 1. The van der Waals surface area contributed by atoms with Gasteiger partial charge in [0, 0.05) is 33.6 Å². The minimum atomic E-state index is -0.633. The van der Waals surface area contributed by atoms with Crippen molar-refractivity contribution in [2.24, 2.45) is 4.99 Å². The molecule has 0 radical (unpaired) electrons. The number of anilines is 1. The number of aliphatic imine (C=N–C) groups is 1. The highest BCUT2D eigenvalue weighted by atomic mass is 16.5. The van der Waals surface area contributed by atoms with Gasteiger partial charge in [-0.1, -0.05) is 6.92 Å². The van der Waals surface area contributed by atoms with Gasteiger partial charge in [0.15, 0.2) is 0 Å². The Bertz CT molecular complexity index is 586. The van der Waals surface area contributed by atoms with Crippen molar-refractivity contribution in [3.63, 3.8) is 0 Å². The molecule has 1 aromatic rings. The lowest BCUT2D eigenvalue weighted by molar-refractivity contribution is -0.124. The van der Waals surface area contributed by atoms with Gasteiger partial charge in [0.1, 0.15) is 5.54 Å². The van der Waals surface area contributed by atoms with Crippen molar-refractivity contribution in [3.8, 4) is 0 Å². The molecule has 0 aliphatic carbocycles. The molecule has 0 aromatic carbocycles. The smallest absolute Gasteiger partial charge is 0.266 e. The van der Waals surface area contributed by atoms with E-state index < -0.39 is 5.54 Å². The summed E-state index contributed by atoms with van der Waals surface area (Å²) in [6, 6.07) is 0. The molecule has 2 aliphatic heterocycles. The van der Waals surface area contributed by atoms with E-state index in [-0.39, 0.29) is 5.91 Å². The van der Waals surface area contributed by atoms with Gasteiger partial charge in [0.25, 0.3) is 11.9 Å². The molecule has 1 saturated heterocycles. The zero-order valence-corrected chi connectivity index (χ0v) is 13.3. The Kier molecular flexibility index (Phi) is 3.76. The predicted molar refractivity (Wildman–Crippen MR) is 81.7 cm³/mol. The Labute approximate surface area is 129 Å². The van der Waals surface area contributed by atoms with Crippen molar-refractivity contribution in [2.75, 3.05) is 32.1 Å². The van der Waals surface area contributed by atoms with Crippen LogP contribution in [0.3, 0.4) is 0 Å². The fraction of sp³-hybridized carbons (Fsp3) is 0.714. The second-order valence-corrected chi connectivity index (χ2v) is 6.04. The van der Waals surface area contributed by atoms with E-state index in [1.54, 1.807) is 0 Å². The average Bonchev–Trinajstić information content (AvgIpc) is 3.07. The SMILES string of the molecule is CCCc1nc(N2CCC3(CC2)N=C(N(C)C)NC3=O)no1. The van der Waals surface area contributed by atoms with E-state index in [2.05, 4.69) is 32.3 Å². The van der Waals surface area contributed by atoms with Crippen LogP contribution in [0, 0.1) is 0 Å². The van der Waals surface area contributed by atoms with Gasteiger partial charge in [-0.05, 0) is 24.4 Å². The minimum absolute atomic E-state index is 0.00404. The van der Waals surface area contributed by atoms with Crippen LogP contribution in [0.4, 0.5) is 5.95 Å². The van der Waals surface area contributed by atoms with E-state index in [0.29, 0.717) is 43.7 Å². The highest BCUT2D eigenvalue weighted by Crippen LogP contribution is 2.31. The Balaban J connectivity index is 1.68. The monoisotopic (exact) mass is 306 g/mol. The fourth-order valence-corrected chi connectivity index (χ4v) is 2.82. The summed E-state index contributed by atoms with van der Waals surface area (Å²) >= 11 is 0. The number of aryl methyl sites for hydroxylation is 1. The summed E-state index contributed by atoms with van der Waals surface area (Å²) in [5.74, 6) is 1.93. The zero-order valence-electron chi connectivity index (χ0n) is 13.3. The van der Waals surface area contributed by atoms with Crippen LogP contribution < -0.4 is 10.2 Å². The number of guanidine groups is 1. The molecule has 8 heteroatoms. The van der Waals surface area contributed by atoms with Crippen LogP contribution in [0.1, 0.15) is 32.1 Å². The van der Waals surface area contributed by atoms with Crippen LogP contribution in [0.5, 0.6) is 0 Å². The number of piperidine rings is 1. The summed E-state index contributed by atoms with van der Waals surface area (Å²) in [4.78, 5) is 25.2. The van der Waals surface area contributed by atoms with Crippen molar-refractivity contribution in [3.05, 3.63) is 5.89 Å². The molecule has 1 aromatic heterocycles. The van der Waals surface area contributed by atoms with Crippen LogP contribution in [0.15, 0.2) is 9.52 Å². The van der Waals surface area contributed by atoms with Crippen LogP contribution in [-0.2, 0) is 11.2 Å². The molecule has 1 spiro atoms.